The van der Waals surface area contributed by atoms with E-state index in [9.17, 15) is 4.39 Å². The van der Waals surface area contributed by atoms with Gasteiger partial charge < -0.3 is 14.5 Å². The molecule has 7 nitrogen and oxygen atoms in total. The Morgan fingerprint density at radius 2 is 1.78 bits per heavy atom. The van der Waals surface area contributed by atoms with Crippen molar-refractivity contribution >= 4 is 22.2 Å². The van der Waals surface area contributed by atoms with Gasteiger partial charge in [-0.05, 0) is 61.9 Å². The van der Waals surface area contributed by atoms with Crippen LogP contribution in [0.15, 0.2) is 43.0 Å². The summed E-state index contributed by atoms with van der Waals surface area (Å²) in [4.78, 5) is 14.3. The predicted octanol–water partition coefficient (Wildman–Crippen LogP) is 5.18. The fourth-order valence-corrected chi connectivity index (χ4v) is 5.74. The maximum Gasteiger partial charge on any atom is 0.167 e. The molecule has 2 fully saturated rings. The molecular formula is C28H33FN6O. The number of anilines is 1. The summed E-state index contributed by atoms with van der Waals surface area (Å²) < 4.78 is 21.3. The Morgan fingerprint density at radius 3 is 2.53 bits per heavy atom. The van der Waals surface area contributed by atoms with Crippen molar-refractivity contribution in [3.63, 3.8) is 0 Å². The minimum Gasteiger partial charge on any atom is -0.494 e. The van der Waals surface area contributed by atoms with Crippen LogP contribution in [-0.4, -0.2) is 63.8 Å². The smallest absolute Gasteiger partial charge is 0.167 e. The molecule has 1 aromatic carbocycles. The Labute approximate surface area is 210 Å². The van der Waals surface area contributed by atoms with Crippen LogP contribution in [0.2, 0.25) is 0 Å². The molecule has 8 heteroatoms. The van der Waals surface area contributed by atoms with E-state index in [1.165, 1.54) is 51.9 Å². The molecule has 0 aliphatic carbocycles. The SMILES string of the molecule is COc1cc2c(-c3cnn4cc(N5CCC(N6CCC(C)(C)CC6)CC5)cnc34)ccnc2cc1F. The van der Waals surface area contributed by atoms with E-state index in [0.717, 1.165) is 40.9 Å². The van der Waals surface area contributed by atoms with E-state index in [1.54, 1.807) is 12.3 Å². The maximum absolute atomic E-state index is 14.2. The standard InChI is InChI=1S/C28H33FN6O/c1-28(2)7-12-34(13-8-28)19-5-10-33(11-6-19)20-16-31-27-23(17-32-35(27)18-20)21-4-9-30-25-15-24(29)26(36-3)14-22(21)25/h4,9,14-19H,5-8,10-13H2,1-3H3. The van der Waals surface area contributed by atoms with Gasteiger partial charge in [-0.2, -0.15) is 5.10 Å². The molecule has 36 heavy (non-hydrogen) atoms. The molecule has 4 aromatic rings. The molecule has 0 unspecified atom stereocenters. The normalized spacial score (nSPS) is 19.3. The number of hydrogen-bond acceptors (Lipinski definition) is 6. The number of likely N-dealkylation sites (tertiary alicyclic amines) is 1. The van der Waals surface area contributed by atoms with Crippen LogP contribution in [0.3, 0.4) is 0 Å². The Kier molecular flexibility index (Phi) is 5.79. The molecule has 0 atom stereocenters. The van der Waals surface area contributed by atoms with Gasteiger partial charge in [-0.1, -0.05) is 13.8 Å². The first kappa shape index (κ1) is 23.2. The molecule has 2 saturated heterocycles. The summed E-state index contributed by atoms with van der Waals surface area (Å²) in [5, 5.41) is 5.42. The molecule has 6 rings (SSSR count). The van der Waals surface area contributed by atoms with Gasteiger partial charge >= 0.3 is 0 Å². The molecule has 2 aliphatic heterocycles. The molecule has 2 aliphatic rings. The van der Waals surface area contributed by atoms with Gasteiger partial charge in [-0.25, -0.2) is 13.9 Å². The van der Waals surface area contributed by atoms with Crippen LogP contribution in [-0.2, 0) is 0 Å². The molecule has 0 saturated carbocycles. The van der Waals surface area contributed by atoms with Crippen molar-refractivity contribution in [1.29, 1.82) is 0 Å². The van der Waals surface area contributed by atoms with Crippen molar-refractivity contribution in [1.82, 2.24) is 24.5 Å². The second-order valence-electron chi connectivity index (χ2n) is 10.9. The van der Waals surface area contributed by atoms with Crippen LogP contribution < -0.4 is 9.64 Å². The summed E-state index contributed by atoms with van der Waals surface area (Å²) in [7, 11) is 1.47. The predicted molar refractivity (Wildman–Crippen MR) is 140 cm³/mol. The number of aromatic nitrogens is 4. The first-order chi connectivity index (χ1) is 17.4. The highest BCUT2D eigenvalue weighted by atomic mass is 19.1. The molecule has 0 radical (unpaired) electrons. The van der Waals surface area contributed by atoms with Crippen molar-refractivity contribution in [2.75, 3.05) is 38.2 Å². The summed E-state index contributed by atoms with van der Waals surface area (Å²) in [6, 6.07) is 5.70. The molecular weight excluding hydrogens is 455 g/mol. The van der Waals surface area contributed by atoms with E-state index >= 15 is 0 Å². The Morgan fingerprint density at radius 1 is 1.00 bits per heavy atom. The van der Waals surface area contributed by atoms with Crippen molar-refractivity contribution in [2.45, 2.75) is 45.6 Å². The van der Waals surface area contributed by atoms with E-state index < -0.39 is 5.82 Å². The third-order valence-electron chi connectivity index (χ3n) is 8.15. The fraction of sp³-hybridized carbons (Fsp3) is 0.464. The molecule has 0 amide bonds. The van der Waals surface area contributed by atoms with Crippen LogP contribution in [0.4, 0.5) is 10.1 Å². The number of piperidine rings is 2. The zero-order chi connectivity index (χ0) is 24.9. The van der Waals surface area contributed by atoms with E-state index in [1.807, 2.05) is 23.0 Å². The molecule has 3 aromatic heterocycles. The van der Waals surface area contributed by atoms with Crippen molar-refractivity contribution in [3.05, 3.63) is 48.8 Å². The van der Waals surface area contributed by atoms with E-state index in [0.29, 0.717) is 17.0 Å². The van der Waals surface area contributed by atoms with Gasteiger partial charge in [-0.15, -0.1) is 0 Å². The third kappa shape index (κ3) is 4.17. The number of methoxy groups -OCH3 is 1. The topological polar surface area (TPSA) is 58.8 Å². The summed E-state index contributed by atoms with van der Waals surface area (Å²) in [5.74, 6) is -0.231. The van der Waals surface area contributed by atoms with E-state index in [-0.39, 0.29) is 5.75 Å². The van der Waals surface area contributed by atoms with Crippen LogP contribution >= 0.6 is 0 Å². The van der Waals surface area contributed by atoms with E-state index in [2.05, 4.69) is 39.9 Å². The largest absolute Gasteiger partial charge is 0.494 e. The minimum atomic E-state index is -0.426. The summed E-state index contributed by atoms with van der Waals surface area (Å²) in [6.07, 6.45) is 12.5. The molecule has 0 spiro atoms. The van der Waals surface area contributed by atoms with Crippen molar-refractivity contribution in [3.8, 4) is 16.9 Å². The van der Waals surface area contributed by atoms with Crippen molar-refractivity contribution in [2.24, 2.45) is 5.41 Å². The Hall–Kier alpha value is -3.26. The number of halogens is 1. The van der Waals surface area contributed by atoms with Gasteiger partial charge in [0.2, 0.25) is 0 Å². The van der Waals surface area contributed by atoms with Crippen molar-refractivity contribution < 1.29 is 9.13 Å². The van der Waals surface area contributed by atoms with Gasteiger partial charge in [0.1, 0.15) is 0 Å². The maximum atomic E-state index is 14.2. The fourth-order valence-electron chi connectivity index (χ4n) is 5.74. The summed E-state index contributed by atoms with van der Waals surface area (Å²) >= 11 is 0. The van der Waals surface area contributed by atoms with Gasteiger partial charge in [0.05, 0.1) is 36.9 Å². The molecule has 0 N–H and O–H groups in total. The van der Waals surface area contributed by atoms with Gasteiger partial charge in [0, 0.05) is 42.3 Å². The highest BCUT2D eigenvalue weighted by Gasteiger charge is 2.31. The number of ether oxygens (including phenoxy) is 1. The van der Waals surface area contributed by atoms with Gasteiger partial charge in [-0.3, -0.25) is 4.98 Å². The van der Waals surface area contributed by atoms with Crippen LogP contribution in [0.5, 0.6) is 5.75 Å². The van der Waals surface area contributed by atoms with E-state index in [4.69, 9.17) is 9.72 Å². The second kappa shape index (κ2) is 9.00. The molecule has 188 valence electrons. The lowest BCUT2D eigenvalue weighted by Crippen LogP contribution is -2.49. The Bertz CT molecular complexity index is 1400. The molecule has 0 bridgehead atoms. The number of pyridine rings is 1. The number of nitrogens with zero attached hydrogens (tertiary/aromatic N) is 6. The number of benzene rings is 1. The van der Waals surface area contributed by atoms with Crippen LogP contribution in [0.1, 0.15) is 39.5 Å². The first-order valence-electron chi connectivity index (χ1n) is 12.9. The van der Waals surface area contributed by atoms with Crippen LogP contribution in [0, 0.1) is 11.2 Å². The lowest BCUT2D eigenvalue weighted by molar-refractivity contribution is 0.0824. The zero-order valence-electron chi connectivity index (χ0n) is 21.2. The average molecular weight is 489 g/mol. The zero-order valence-corrected chi connectivity index (χ0v) is 21.2. The third-order valence-corrected chi connectivity index (χ3v) is 8.15. The van der Waals surface area contributed by atoms with Gasteiger partial charge in [0.15, 0.2) is 17.2 Å². The lowest BCUT2D eigenvalue weighted by atomic mass is 9.82. The second-order valence-corrected chi connectivity index (χ2v) is 10.9. The number of hydrogen-bond donors (Lipinski definition) is 0. The first-order valence-corrected chi connectivity index (χ1v) is 12.9. The summed E-state index contributed by atoms with van der Waals surface area (Å²) in [5.41, 5.74) is 4.71. The summed E-state index contributed by atoms with van der Waals surface area (Å²) in [6.45, 7) is 9.31. The number of rotatable bonds is 4. The lowest BCUT2D eigenvalue weighted by Gasteiger charge is -2.44. The quantitative estimate of drug-likeness (QED) is 0.394. The molecule has 5 heterocycles. The highest BCUT2D eigenvalue weighted by molar-refractivity contribution is 5.98. The Balaban J connectivity index is 1.22. The monoisotopic (exact) mass is 488 g/mol. The van der Waals surface area contributed by atoms with Gasteiger partial charge in [0.25, 0.3) is 0 Å². The van der Waals surface area contributed by atoms with Crippen LogP contribution in [0.25, 0.3) is 27.7 Å². The highest BCUT2D eigenvalue weighted by Crippen LogP contribution is 2.35. The average Bonchev–Trinajstić information content (AvgIpc) is 3.31. The minimum absolute atomic E-state index is 0.195. The number of fused-ring (bicyclic) bond motifs is 2.